The maximum atomic E-state index is 13.5. The molecule has 0 spiro atoms. The van der Waals surface area contributed by atoms with Gasteiger partial charge < -0.3 is 25.2 Å². The Kier molecular flexibility index (Phi) is 15.8. The van der Waals surface area contributed by atoms with E-state index in [0.29, 0.717) is 25.9 Å². The molecule has 0 unspecified atom stereocenters. The molecule has 3 rings (SSSR count). The van der Waals surface area contributed by atoms with Crippen LogP contribution >= 0.6 is 0 Å². The quantitative estimate of drug-likeness (QED) is 0.0952. The fourth-order valence-corrected chi connectivity index (χ4v) is 5.35. The lowest BCUT2D eigenvalue weighted by molar-refractivity contribution is -0.150. The summed E-state index contributed by atoms with van der Waals surface area (Å²) in [5, 5.41) is 15.9. The van der Waals surface area contributed by atoms with Gasteiger partial charge in [-0.2, -0.15) is 0 Å². The van der Waals surface area contributed by atoms with Gasteiger partial charge in [-0.05, 0) is 59.9 Å². The second-order valence-electron chi connectivity index (χ2n) is 13.5. The van der Waals surface area contributed by atoms with Gasteiger partial charge >= 0.3 is 5.97 Å². The number of carbonyl (C=O) groups is 3. The topological polar surface area (TPSA) is 114 Å². The predicted molar refractivity (Wildman–Crippen MR) is 194 cm³/mol. The first-order valence-corrected chi connectivity index (χ1v) is 16.9. The van der Waals surface area contributed by atoms with Crippen molar-refractivity contribution in [3.63, 3.8) is 0 Å². The predicted octanol–water partition coefficient (Wildman–Crippen LogP) is 6.38. The lowest BCUT2D eigenvalue weighted by Gasteiger charge is -2.32. The number of hydrogen-bond donors (Lipinski definition) is 3. The van der Waals surface area contributed by atoms with Gasteiger partial charge in [-0.15, -0.1) is 13.2 Å². The number of ether oxygens (including phenoxy) is 2. The van der Waals surface area contributed by atoms with E-state index < -0.39 is 23.4 Å². The van der Waals surface area contributed by atoms with Crippen molar-refractivity contribution in [1.82, 2.24) is 10.6 Å². The van der Waals surface area contributed by atoms with Crippen LogP contribution in [0.15, 0.2) is 110 Å². The molecule has 3 aromatic carbocycles. The lowest BCUT2D eigenvalue weighted by Crippen LogP contribution is -2.50. The van der Waals surface area contributed by atoms with Gasteiger partial charge in [0.25, 0.3) is 0 Å². The van der Waals surface area contributed by atoms with Crippen LogP contribution in [0.25, 0.3) is 0 Å². The highest BCUT2D eigenvalue weighted by Crippen LogP contribution is 2.23. The molecule has 4 atom stereocenters. The number of hydrogen-bond acceptors (Lipinski definition) is 6. The van der Waals surface area contributed by atoms with Crippen molar-refractivity contribution >= 4 is 17.8 Å². The second-order valence-corrected chi connectivity index (χ2v) is 13.5. The number of aliphatic hydroxyl groups excluding tert-OH is 1. The van der Waals surface area contributed by atoms with Crippen molar-refractivity contribution in [3.05, 3.63) is 127 Å². The highest BCUT2D eigenvalue weighted by molar-refractivity contribution is 5.86. The molecule has 0 aliphatic heterocycles. The Hall–Kier alpha value is -4.69. The third-order valence-corrected chi connectivity index (χ3v) is 8.36. The molecule has 3 N–H and O–H groups in total. The third-order valence-electron chi connectivity index (χ3n) is 8.36. The number of carbonyl (C=O) groups excluding carboxylic acids is 3. The first-order valence-electron chi connectivity index (χ1n) is 16.9. The van der Waals surface area contributed by atoms with E-state index in [4.69, 9.17) is 9.47 Å². The fraction of sp³-hybridized carbons (Fsp3) is 0.390. The highest BCUT2D eigenvalue weighted by atomic mass is 16.5. The number of nitrogens with one attached hydrogen (secondary N) is 2. The van der Waals surface area contributed by atoms with Crippen LogP contribution in [0.3, 0.4) is 0 Å². The molecule has 262 valence electrons. The van der Waals surface area contributed by atoms with E-state index in [1.54, 1.807) is 12.2 Å². The van der Waals surface area contributed by atoms with E-state index >= 15 is 0 Å². The number of aliphatic hydroxyl groups is 1. The Balaban J connectivity index is 1.55. The standard InChI is InChI=1S/C41H52N2O6/c1-6-14-33(26-38(45)42-35(27-44)25-31-20-22-36(23-21-31)48-28-32-18-12-9-13-19-32)39(46)43-37(41(3,4)5)29-49-40(47)34(15-7-2)24-30-16-10-8-11-17-30/h6-13,16-23,33-35,37,44H,1-2,14-15,24-29H2,3-5H3,(H,42,45)(H,43,46)/t33-,34+,35-,37+/m0/s1. The minimum atomic E-state index is -0.690. The third kappa shape index (κ3) is 13.8. The molecule has 8 heteroatoms. The molecule has 2 amide bonds. The monoisotopic (exact) mass is 668 g/mol. The van der Waals surface area contributed by atoms with Crippen LogP contribution in [0.5, 0.6) is 5.75 Å². The van der Waals surface area contributed by atoms with Gasteiger partial charge in [-0.3, -0.25) is 14.4 Å². The zero-order chi connectivity index (χ0) is 35.6. The number of amides is 2. The Morgan fingerprint density at radius 2 is 1.35 bits per heavy atom. The zero-order valence-electron chi connectivity index (χ0n) is 29.1. The van der Waals surface area contributed by atoms with Crippen LogP contribution in [0.1, 0.15) is 56.7 Å². The summed E-state index contributed by atoms with van der Waals surface area (Å²) in [5.74, 6) is -1.38. The number of rotatable bonds is 20. The first kappa shape index (κ1) is 38.8. The molecule has 0 aliphatic rings. The summed E-state index contributed by atoms with van der Waals surface area (Å²) >= 11 is 0. The second kappa shape index (κ2) is 20.0. The van der Waals surface area contributed by atoms with Gasteiger partial charge in [0.2, 0.25) is 11.8 Å². The smallest absolute Gasteiger partial charge is 0.309 e. The van der Waals surface area contributed by atoms with Crippen LogP contribution in [0.2, 0.25) is 0 Å². The van der Waals surface area contributed by atoms with Crippen molar-refractivity contribution in [2.45, 2.75) is 71.6 Å². The Labute approximate surface area is 291 Å². The molecule has 0 bridgehead atoms. The average Bonchev–Trinajstić information content (AvgIpc) is 3.09. The minimum Gasteiger partial charge on any atom is -0.489 e. The summed E-state index contributed by atoms with van der Waals surface area (Å²) in [6, 6.07) is 26.2. The zero-order valence-corrected chi connectivity index (χ0v) is 29.1. The maximum Gasteiger partial charge on any atom is 0.309 e. The van der Waals surface area contributed by atoms with Crippen LogP contribution in [0, 0.1) is 17.3 Å². The highest BCUT2D eigenvalue weighted by Gasteiger charge is 2.32. The van der Waals surface area contributed by atoms with Crippen molar-refractivity contribution in [3.8, 4) is 5.75 Å². The van der Waals surface area contributed by atoms with E-state index in [1.807, 2.05) is 106 Å². The molecule has 49 heavy (non-hydrogen) atoms. The number of benzene rings is 3. The molecular weight excluding hydrogens is 616 g/mol. The fourth-order valence-electron chi connectivity index (χ4n) is 5.35. The molecule has 0 saturated heterocycles. The van der Waals surface area contributed by atoms with Crippen LogP contribution in [0.4, 0.5) is 0 Å². The molecule has 0 heterocycles. The van der Waals surface area contributed by atoms with Gasteiger partial charge in [0, 0.05) is 6.42 Å². The first-order chi connectivity index (χ1) is 23.5. The number of allylic oxidation sites excluding steroid dienone is 2. The van der Waals surface area contributed by atoms with Crippen molar-refractivity contribution in [2.75, 3.05) is 13.2 Å². The minimum absolute atomic E-state index is 0.00775. The molecule has 0 fully saturated rings. The normalized spacial score (nSPS) is 13.6. The van der Waals surface area contributed by atoms with Crippen LogP contribution in [-0.4, -0.2) is 48.2 Å². The van der Waals surface area contributed by atoms with Crippen molar-refractivity contribution < 1.29 is 29.0 Å². The summed E-state index contributed by atoms with van der Waals surface area (Å²) in [6.07, 6.45) is 4.92. The van der Waals surface area contributed by atoms with Gasteiger partial charge in [0.1, 0.15) is 19.0 Å². The van der Waals surface area contributed by atoms with Crippen molar-refractivity contribution in [1.29, 1.82) is 0 Å². The summed E-state index contributed by atoms with van der Waals surface area (Å²) in [5.41, 5.74) is 2.59. The largest absolute Gasteiger partial charge is 0.489 e. The van der Waals surface area contributed by atoms with E-state index in [2.05, 4.69) is 23.8 Å². The molecule has 8 nitrogen and oxygen atoms in total. The SMILES string of the molecule is C=CC[C@@H](CC(=O)N[C@H](CO)Cc1ccc(OCc2ccccc2)cc1)C(=O)N[C@H](COC(=O)[C@H](CC=C)Cc1ccccc1)C(C)(C)C. The molecule has 0 radical (unpaired) electrons. The average molecular weight is 669 g/mol. The summed E-state index contributed by atoms with van der Waals surface area (Å²) < 4.78 is 11.6. The van der Waals surface area contributed by atoms with E-state index in [-0.39, 0.29) is 49.8 Å². The van der Waals surface area contributed by atoms with Gasteiger partial charge in [0.15, 0.2) is 0 Å². The van der Waals surface area contributed by atoms with E-state index in [9.17, 15) is 19.5 Å². The lowest BCUT2D eigenvalue weighted by atomic mass is 9.86. The molecule has 0 aliphatic carbocycles. The van der Waals surface area contributed by atoms with Crippen LogP contribution < -0.4 is 15.4 Å². The van der Waals surface area contributed by atoms with Gasteiger partial charge in [-0.25, -0.2) is 0 Å². The molecule has 0 aromatic heterocycles. The Morgan fingerprint density at radius 1 is 0.776 bits per heavy atom. The van der Waals surface area contributed by atoms with E-state index in [0.717, 1.165) is 22.4 Å². The Morgan fingerprint density at radius 3 is 1.92 bits per heavy atom. The molecule has 3 aromatic rings. The Bertz CT molecular complexity index is 1470. The van der Waals surface area contributed by atoms with Crippen molar-refractivity contribution in [2.24, 2.45) is 17.3 Å². The van der Waals surface area contributed by atoms with Gasteiger partial charge in [-0.1, -0.05) is 106 Å². The maximum absolute atomic E-state index is 13.5. The summed E-state index contributed by atoms with van der Waals surface area (Å²) in [7, 11) is 0. The van der Waals surface area contributed by atoms with Crippen LogP contribution in [-0.2, 0) is 38.6 Å². The molecular formula is C41H52N2O6. The van der Waals surface area contributed by atoms with Gasteiger partial charge in [0.05, 0.1) is 30.5 Å². The number of esters is 1. The summed E-state index contributed by atoms with van der Waals surface area (Å²) in [4.78, 5) is 39.8. The van der Waals surface area contributed by atoms with E-state index in [1.165, 1.54) is 0 Å². The summed E-state index contributed by atoms with van der Waals surface area (Å²) in [6.45, 7) is 13.6. The molecule has 0 saturated carbocycles.